The van der Waals surface area contributed by atoms with Gasteiger partial charge in [0.1, 0.15) is 22.0 Å². The van der Waals surface area contributed by atoms with E-state index in [9.17, 15) is 4.79 Å². The molecular weight excluding hydrogens is 420 g/mol. The third-order valence-corrected chi connectivity index (χ3v) is 13.5. The summed E-state index contributed by atoms with van der Waals surface area (Å²) in [6.45, 7) is 7.28. The minimum Gasteiger partial charge on any atom is -0.299 e. The largest absolute Gasteiger partial charge is 0.299 e. The maximum atomic E-state index is 13.6. The molecule has 3 saturated carbocycles. The highest BCUT2D eigenvalue weighted by molar-refractivity contribution is 7.98. The topological polar surface area (TPSA) is 17.1 Å². The molecule has 6 atom stereocenters. The van der Waals surface area contributed by atoms with E-state index in [0.717, 1.165) is 24.0 Å². The highest BCUT2D eigenvalue weighted by Crippen LogP contribution is 2.70. The van der Waals surface area contributed by atoms with E-state index in [2.05, 4.69) is 81.4 Å². The first-order chi connectivity index (χ1) is 15.9. The Morgan fingerprint density at radius 3 is 2.12 bits per heavy atom. The van der Waals surface area contributed by atoms with Gasteiger partial charge >= 0.3 is 0 Å². The van der Waals surface area contributed by atoms with Gasteiger partial charge in [-0.3, -0.25) is 4.79 Å². The summed E-state index contributed by atoms with van der Waals surface area (Å²) in [5, 5.41) is 1.45. The second-order valence-corrected chi connectivity index (χ2v) is 14.1. The number of benzene rings is 2. The molecule has 0 N–H and O–H groups in total. The molecule has 172 valence electrons. The molecule has 2 aromatic rings. The Balaban J connectivity index is 1.42. The van der Waals surface area contributed by atoms with Gasteiger partial charge in [-0.05, 0) is 77.1 Å². The number of rotatable bonds is 5. The summed E-state index contributed by atoms with van der Waals surface area (Å²) >= 11 is 0. The first-order valence-electron chi connectivity index (χ1n) is 13.0. The van der Waals surface area contributed by atoms with Crippen LogP contribution in [0.15, 0.2) is 66.2 Å². The Hall–Kier alpha value is -1.80. The Bertz CT molecular complexity index is 1040. The van der Waals surface area contributed by atoms with E-state index in [1.54, 1.807) is 0 Å². The highest BCUT2D eigenvalue weighted by Gasteiger charge is 2.75. The SMILES string of the molecule is CC(C[S+]1[C@H]2CC[C@H](C2)[C@H]1[C@]12CC[C@H](CC1=O)C2(C)C)=C(c1ccccc1)c1ccccc1. The third kappa shape index (κ3) is 3.09. The number of fused-ring (bicyclic) bond motifs is 4. The molecule has 2 aromatic carbocycles. The van der Waals surface area contributed by atoms with E-state index in [-0.39, 0.29) is 10.8 Å². The van der Waals surface area contributed by atoms with Crippen LogP contribution in [0.1, 0.15) is 70.4 Å². The van der Waals surface area contributed by atoms with Crippen molar-refractivity contribution < 1.29 is 4.79 Å². The number of carbonyl (C=O) groups is 1. The van der Waals surface area contributed by atoms with Crippen LogP contribution < -0.4 is 0 Å². The monoisotopic (exact) mass is 457 g/mol. The van der Waals surface area contributed by atoms with Crippen LogP contribution in [0.25, 0.3) is 5.57 Å². The Kier molecular flexibility index (Phi) is 5.18. The lowest BCUT2D eigenvalue weighted by molar-refractivity contribution is -0.130. The van der Waals surface area contributed by atoms with Crippen LogP contribution in [0.5, 0.6) is 0 Å². The van der Waals surface area contributed by atoms with E-state index in [1.807, 2.05) is 0 Å². The van der Waals surface area contributed by atoms with Gasteiger partial charge in [-0.25, -0.2) is 0 Å². The lowest BCUT2D eigenvalue weighted by atomic mass is 9.64. The average molecular weight is 458 g/mol. The number of carbonyl (C=O) groups excluding carboxylic acids is 1. The molecule has 4 fully saturated rings. The molecule has 1 nitrogen and oxygen atoms in total. The van der Waals surface area contributed by atoms with E-state index in [4.69, 9.17) is 0 Å². The van der Waals surface area contributed by atoms with Gasteiger partial charge in [0.05, 0.1) is 5.41 Å². The molecule has 3 aliphatic carbocycles. The van der Waals surface area contributed by atoms with E-state index in [0.29, 0.717) is 27.8 Å². The van der Waals surface area contributed by atoms with Gasteiger partial charge in [-0.15, -0.1) is 0 Å². The van der Waals surface area contributed by atoms with Gasteiger partial charge < -0.3 is 0 Å². The second kappa shape index (κ2) is 7.87. The van der Waals surface area contributed by atoms with Crippen molar-refractivity contribution in [3.8, 4) is 0 Å². The van der Waals surface area contributed by atoms with Crippen molar-refractivity contribution in [2.24, 2.45) is 22.7 Å². The quantitative estimate of drug-likeness (QED) is 0.439. The summed E-state index contributed by atoms with van der Waals surface area (Å²) in [4.78, 5) is 13.6. The van der Waals surface area contributed by atoms with Crippen LogP contribution >= 0.6 is 0 Å². The number of hydrogen-bond donors (Lipinski definition) is 0. The Morgan fingerprint density at radius 1 is 0.939 bits per heavy atom. The Labute approximate surface area is 202 Å². The zero-order valence-corrected chi connectivity index (χ0v) is 21.2. The van der Waals surface area contributed by atoms with Gasteiger partial charge in [-0.2, -0.15) is 0 Å². The molecule has 4 aliphatic rings. The fraction of sp³-hybridized carbons (Fsp3) is 0.516. The van der Waals surface area contributed by atoms with Crippen molar-refractivity contribution in [1.82, 2.24) is 0 Å². The van der Waals surface area contributed by atoms with Crippen LogP contribution in [-0.2, 0) is 15.7 Å². The zero-order valence-electron chi connectivity index (χ0n) is 20.3. The molecule has 0 spiro atoms. The van der Waals surface area contributed by atoms with Gasteiger partial charge in [0.2, 0.25) is 0 Å². The van der Waals surface area contributed by atoms with Crippen LogP contribution in [0, 0.1) is 22.7 Å². The number of hydrogen-bond acceptors (Lipinski definition) is 1. The molecule has 2 heteroatoms. The third-order valence-electron chi connectivity index (χ3n) is 10.0. The van der Waals surface area contributed by atoms with Crippen molar-refractivity contribution in [2.45, 2.75) is 69.8 Å². The van der Waals surface area contributed by atoms with Gasteiger partial charge in [0.25, 0.3) is 0 Å². The Morgan fingerprint density at radius 2 is 1.58 bits per heavy atom. The molecule has 33 heavy (non-hydrogen) atoms. The van der Waals surface area contributed by atoms with Crippen molar-refractivity contribution in [1.29, 1.82) is 0 Å². The van der Waals surface area contributed by atoms with Gasteiger partial charge in [0, 0.05) is 18.8 Å². The lowest BCUT2D eigenvalue weighted by Gasteiger charge is -2.43. The molecule has 0 aromatic heterocycles. The minimum absolute atomic E-state index is 0.0411. The van der Waals surface area contributed by atoms with E-state index >= 15 is 0 Å². The average Bonchev–Trinajstić information content (AvgIpc) is 3.53. The number of Topliss-reactive ketones (excluding diaryl/α,β-unsaturated/α-hetero) is 1. The van der Waals surface area contributed by atoms with Crippen molar-refractivity contribution in [2.75, 3.05) is 5.75 Å². The molecule has 0 radical (unpaired) electrons. The molecular formula is C31H37OS+. The first-order valence-corrected chi connectivity index (χ1v) is 14.5. The molecule has 4 bridgehead atoms. The summed E-state index contributed by atoms with van der Waals surface area (Å²) in [6, 6.07) is 21.9. The van der Waals surface area contributed by atoms with Crippen LogP contribution in [0.2, 0.25) is 0 Å². The van der Waals surface area contributed by atoms with Crippen molar-refractivity contribution in [3.63, 3.8) is 0 Å². The predicted octanol–water partition coefficient (Wildman–Crippen LogP) is 7.07. The standard InChI is InChI=1S/C31H37OS/c1-21(28(22-10-6-4-7-11-22)23-12-8-5-9-13-23)20-33-26-15-14-24(18-26)29(33)31-17-16-25(19-27(31)32)30(31,2)3/h4-13,24-26,29H,14-20H2,1-3H3/q+1/t24-,25-,26+,29+,31+,33?/m1/s1. The summed E-state index contributed by atoms with van der Waals surface area (Å²) < 4.78 is 0. The van der Waals surface area contributed by atoms with Crippen LogP contribution in [0.3, 0.4) is 0 Å². The number of ketones is 1. The van der Waals surface area contributed by atoms with Crippen molar-refractivity contribution in [3.05, 3.63) is 77.4 Å². The minimum atomic E-state index is -0.0411. The predicted molar refractivity (Wildman–Crippen MR) is 140 cm³/mol. The van der Waals surface area contributed by atoms with Crippen LogP contribution in [0.4, 0.5) is 0 Å². The van der Waals surface area contributed by atoms with Gasteiger partial charge in [0.15, 0.2) is 0 Å². The van der Waals surface area contributed by atoms with Crippen molar-refractivity contribution >= 4 is 22.3 Å². The van der Waals surface area contributed by atoms with Gasteiger partial charge in [-0.1, -0.05) is 74.5 Å². The fourth-order valence-corrected chi connectivity index (χ4v) is 12.6. The van der Waals surface area contributed by atoms with Crippen LogP contribution in [-0.4, -0.2) is 22.0 Å². The summed E-state index contributed by atoms with van der Waals surface area (Å²) in [5.41, 5.74) is 5.71. The summed E-state index contributed by atoms with van der Waals surface area (Å²) in [6.07, 6.45) is 7.42. The summed E-state index contributed by atoms with van der Waals surface area (Å²) in [5.74, 6) is 3.20. The highest BCUT2D eigenvalue weighted by atomic mass is 32.2. The molecule has 1 saturated heterocycles. The van der Waals surface area contributed by atoms with E-state index in [1.165, 1.54) is 53.7 Å². The maximum Gasteiger partial charge on any atom is 0.144 e. The molecule has 1 heterocycles. The zero-order chi connectivity index (χ0) is 22.8. The smallest absolute Gasteiger partial charge is 0.144 e. The fourth-order valence-electron chi connectivity index (χ4n) is 8.42. The second-order valence-electron chi connectivity index (χ2n) is 11.7. The normalized spacial score (nSPS) is 35.8. The van der Waals surface area contributed by atoms with E-state index < -0.39 is 0 Å². The maximum absolute atomic E-state index is 13.6. The summed E-state index contributed by atoms with van der Waals surface area (Å²) in [7, 11) is 0.300. The molecule has 0 amide bonds. The lowest BCUT2D eigenvalue weighted by Crippen LogP contribution is -2.53. The molecule has 6 rings (SSSR count). The molecule has 1 aliphatic heterocycles. The first kappa shape index (κ1) is 21.7. The molecule has 1 unspecified atom stereocenters.